The summed E-state index contributed by atoms with van der Waals surface area (Å²) in [4.78, 5) is 14.1. The lowest BCUT2D eigenvalue weighted by molar-refractivity contribution is 0.0599. The molecular formula is C20H13BrFNO2S. The van der Waals surface area contributed by atoms with Crippen LogP contribution in [0.5, 0.6) is 0 Å². The summed E-state index contributed by atoms with van der Waals surface area (Å²) < 4.78 is 19.3. The number of esters is 1. The van der Waals surface area contributed by atoms with Crippen LogP contribution in [0.3, 0.4) is 0 Å². The highest BCUT2D eigenvalue weighted by molar-refractivity contribution is 9.10. The van der Waals surface area contributed by atoms with Gasteiger partial charge < -0.3 is 10.1 Å². The van der Waals surface area contributed by atoms with Gasteiger partial charge in [-0.15, -0.1) is 0 Å². The van der Waals surface area contributed by atoms with E-state index in [0.29, 0.717) is 10.0 Å². The Morgan fingerprint density at radius 1 is 1.08 bits per heavy atom. The summed E-state index contributed by atoms with van der Waals surface area (Å²) in [5.41, 5.74) is 3.65. The first-order chi connectivity index (χ1) is 12.6. The Balaban J connectivity index is 1.79. The van der Waals surface area contributed by atoms with Gasteiger partial charge in [0, 0.05) is 14.3 Å². The van der Waals surface area contributed by atoms with Crippen molar-refractivity contribution in [2.75, 3.05) is 12.4 Å². The van der Waals surface area contributed by atoms with E-state index in [1.54, 1.807) is 11.8 Å². The molecule has 0 atom stereocenters. The van der Waals surface area contributed by atoms with Crippen molar-refractivity contribution >= 4 is 45.0 Å². The van der Waals surface area contributed by atoms with Gasteiger partial charge in [-0.2, -0.15) is 0 Å². The van der Waals surface area contributed by atoms with Gasteiger partial charge in [-0.25, -0.2) is 9.18 Å². The van der Waals surface area contributed by atoms with Crippen molar-refractivity contribution in [1.82, 2.24) is 0 Å². The minimum atomic E-state index is -0.583. The Bertz CT molecular complexity index is 1040. The quantitative estimate of drug-likeness (QED) is 0.382. The summed E-state index contributed by atoms with van der Waals surface area (Å²) >= 11 is 5.08. The minimum absolute atomic E-state index is 0.163. The second-order valence-electron chi connectivity index (χ2n) is 5.74. The molecule has 0 saturated carbocycles. The maximum atomic E-state index is 14.1. The first kappa shape index (κ1) is 17.1. The van der Waals surface area contributed by atoms with Gasteiger partial charge in [-0.3, -0.25) is 0 Å². The van der Waals surface area contributed by atoms with E-state index in [4.69, 9.17) is 4.74 Å². The van der Waals surface area contributed by atoms with E-state index >= 15 is 0 Å². The van der Waals surface area contributed by atoms with Crippen LogP contribution in [0.25, 0.3) is 11.1 Å². The molecule has 0 spiro atoms. The Morgan fingerprint density at radius 2 is 1.85 bits per heavy atom. The maximum Gasteiger partial charge on any atom is 0.339 e. The number of hydrogen-bond donors (Lipinski definition) is 1. The molecule has 1 aliphatic heterocycles. The highest BCUT2D eigenvalue weighted by atomic mass is 79.9. The predicted octanol–water partition coefficient (Wildman–Crippen LogP) is 6.25. The largest absolute Gasteiger partial charge is 0.465 e. The van der Waals surface area contributed by atoms with Crippen LogP contribution in [0.15, 0.2) is 68.9 Å². The van der Waals surface area contributed by atoms with Gasteiger partial charge in [0.2, 0.25) is 0 Å². The van der Waals surface area contributed by atoms with E-state index in [-0.39, 0.29) is 5.56 Å². The van der Waals surface area contributed by atoms with Crippen molar-refractivity contribution in [2.24, 2.45) is 0 Å². The summed E-state index contributed by atoms with van der Waals surface area (Å²) in [6, 6.07) is 16.5. The lowest BCUT2D eigenvalue weighted by Crippen LogP contribution is -2.04. The van der Waals surface area contributed by atoms with Gasteiger partial charge in [0.05, 0.1) is 24.0 Å². The molecule has 0 radical (unpaired) electrons. The van der Waals surface area contributed by atoms with E-state index in [9.17, 15) is 9.18 Å². The second-order valence-corrected chi connectivity index (χ2v) is 7.62. The van der Waals surface area contributed by atoms with E-state index in [2.05, 4.69) is 27.3 Å². The van der Waals surface area contributed by atoms with Gasteiger partial charge in [-0.1, -0.05) is 30.0 Å². The average Bonchev–Trinajstić information content (AvgIpc) is 2.66. The first-order valence-corrected chi connectivity index (χ1v) is 9.43. The zero-order valence-electron chi connectivity index (χ0n) is 13.7. The Labute approximate surface area is 162 Å². The molecule has 0 fully saturated rings. The molecule has 1 heterocycles. The third-order valence-electron chi connectivity index (χ3n) is 4.11. The molecule has 6 heteroatoms. The number of fused-ring (bicyclic) bond motifs is 2. The van der Waals surface area contributed by atoms with E-state index < -0.39 is 11.8 Å². The number of ether oxygens (including phenoxy) is 1. The Hall–Kier alpha value is -2.31. The van der Waals surface area contributed by atoms with Crippen LogP contribution < -0.4 is 5.32 Å². The molecule has 1 N–H and O–H groups in total. The molecule has 0 aliphatic carbocycles. The number of carbonyl (C=O) groups is 1. The number of para-hydroxylation sites is 1. The van der Waals surface area contributed by atoms with Gasteiger partial charge in [0.25, 0.3) is 0 Å². The molecular weight excluding hydrogens is 417 g/mol. The molecule has 0 aromatic heterocycles. The van der Waals surface area contributed by atoms with Crippen molar-refractivity contribution in [2.45, 2.75) is 9.79 Å². The SMILES string of the molecule is COC(=O)c1cc(F)cc(-c2ccc3c(c2)Sc2ccccc2N3)c1Br. The molecule has 3 aromatic rings. The van der Waals surface area contributed by atoms with Crippen LogP contribution in [0.4, 0.5) is 15.8 Å². The van der Waals surface area contributed by atoms with Crippen LogP contribution in [0.1, 0.15) is 10.4 Å². The summed E-state index contributed by atoms with van der Waals surface area (Å²) in [5, 5.41) is 3.40. The molecule has 0 saturated heterocycles. The minimum Gasteiger partial charge on any atom is -0.465 e. The number of carbonyl (C=O) groups excluding carboxylic acids is 1. The lowest BCUT2D eigenvalue weighted by Gasteiger charge is -2.21. The molecule has 0 bridgehead atoms. The number of anilines is 2. The van der Waals surface area contributed by atoms with Gasteiger partial charge >= 0.3 is 5.97 Å². The standard InChI is InChI=1S/C20H13BrFNO2S/c1-25-20(24)14-10-12(22)9-13(19(14)21)11-6-7-16-18(8-11)26-17-5-3-2-4-15(17)23-16/h2-10,23H,1H3. The lowest BCUT2D eigenvalue weighted by atomic mass is 10.0. The van der Waals surface area contributed by atoms with Crippen LogP contribution >= 0.6 is 27.7 Å². The molecule has 0 unspecified atom stereocenters. The van der Waals surface area contributed by atoms with Crippen LogP contribution in [0, 0.1) is 5.82 Å². The smallest absolute Gasteiger partial charge is 0.339 e. The molecule has 130 valence electrons. The first-order valence-electron chi connectivity index (χ1n) is 7.82. The number of nitrogens with one attached hydrogen (secondary N) is 1. The molecule has 0 amide bonds. The third-order valence-corrected chi connectivity index (χ3v) is 6.10. The molecule has 3 aromatic carbocycles. The fraction of sp³-hybridized carbons (Fsp3) is 0.0500. The van der Waals surface area contributed by atoms with E-state index in [1.807, 2.05) is 36.4 Å². The Kier molecular flexibility index (Phi) is 4.46. The summed E-state index contributed by atoms with van der Waals surface area (Å²) in [7, 11) is 1.28. The number of rotatable bonds is 2. The molecule has 3 nitrogen and oxygen atoms in total. The summed E-state index contributed by atoms with van der Waals surface area (Å²) in [6.45, 7) is 0. The van der Waals surface area contributed by atoms with E-state index in [1.165, 1.54) is 19.2 Å². The molecule has 4 rings (SSSR count). The maximum absolute atomic E-state index is 14.1. The van der Waals surface area contributed by atoms with Gasteiger partial charge in [0.15, 0.2) is 0 Å². The monoisotopic (exact) mass is 429 g/mol. The Morgan fingerprint density at radius 3 is 2.65 bits per heavy atom. The molecule has 26 heavy (non-hydrogen) atoms. The van der Waals surface area contributed by atoms with Crippen molar-refractivity contribution in [3.8, 4) is 11.1 Å². The third kappa shape index (κ3) is 2.99. The van der Waals surface area contributed by atoms with Gasteiger partial charge in [-0.05, 0) is 63.5 Å². The van der Waals surface area contributed by atoms with Crippen LogP contribution in [0.2, 0.25) is 0 Å². The zero-order chi connectivity index (χ0) is 18.3. The zero-order valence-corrected chi connectivity index (χ0v) is 16.1. The number of methoxy groups -OCH3 is 1. The van der Waals surface area contributed by atoms with Crippen molar-refractivity contribution in [3.63, 3.8) is 0 Å². The number of hydrogen-bond acceptors (Lipinski definition) is 4. The number of halogens is 2. The van der Waals surface area contributed by atoms with Crippen molar-refractivity contribution in [1.29, 1.82) is 0 Å². The normalized spacial score (nSPS) is 12.0. The van der Waals surface area contributed by atoms with E-state index in [0.717, 1.165) is 26.7 Å². The molecule has 1 aliphatic rings. The summed E-state index contributed by atoms with van der Waals surface area (Å²) in [5.74, 6) is -1.07. The topological polar surface area (TPSA) is 38.3 Å². The highest BCUT2D eigenvalue weighted by Crippen LogP contribution is 2.46. The van der Waals surface area contributed by atoms with Gasteiger partial charge in [0.1, 0.15) is 5.82 Å². The average molecular weight is 430 g/mol. The predicted molar refractivity (Wildman–Crippen MR) is 105 cm³/mol. The number of benzene rings is 3. The van der Waals surface area contributed by atoms with Crippen molar-refractivity contribution in [3.05, 3.63) is 70.5 Å². The van der Waals surface area contributed by atoms with Crippen molar-refractivity contribution < 1.29 is 13.9 Å². The fourth-order valence-electron chi connectivity index (χ4n) is 2.86. The second kappa shape index (κ2) is 6.78. The van der Waals surface area contributed by atoms with Crippen LogP contribution in [-0.2, 0) is 4.74 Å². The fourth-order valence-corrected chi connectivity index (χ4v) is 4.51. The highest BCUT2D eigenvalue weighted by Gasteiger charge is 2.20. The summed E-state index contributed by atoms with van der Waals surface area (Å²) in [6.07, 6.45) is 0. The van der Waals surface area contributed by atoms with Crippen LogP contribution in [-0.4, -0.2) is 13.1 Å².